The number of nitrogens with zero attached hydrogens (tertiary/aromatic N) is 3. The van der Waals surface area contributed by atoms with Crippen LogP contribution in [-0.2, 0) is 4.79 Å². The van der Waals surface area contributed by atoms with Gasteiger partial charge in [-0.25, -0.2) is 0 Å². The van der Waals surface area contributed by atoms with Crippen molar-refractivity contribution in [2.24, 2.45) is 0 Å². The van der Waals surface area contributed by atoms with Gasteiger partial charge < -0.3 is 4.74 Å². The van der Waals surface area contributed by atoms with Gasteiger partial charge in [0.15, 0.2) is 11.0 Å². The van der Waals surface area contributed by atoms with Crippen LogP contribution in [-0.4, -0.2) is 32.9 Å². The van der Waals surface area contributed by atoms with E-state index in [4.69, 9.17) is 4.74 Å². The number of hydrogen-bond acceptors (Lipinski definition) is 5. The molecule has 3 rings (SSSR count). The highest BCUT2D eigenvalue weighted by molar-refractivity contribution is 8.00. The van der Waals surface area contributed by atoms with Crippen LogP contribution < -0.4 is 4.74 Å². The summed E-state index contributed by atoms with van der Waals surface area (Å²) in [4.78, 5) is 11.7. The Bertz CT molecular complexity index is 919. The summed E-state index contributed by atoms with van der Waals surface area (Å²) in [5.41, 5.74) is 2.97. The number of thioether (sulfide) groups is 1. The molecule has 2 aromatic carbocycles. The van der Waals surface area contributed by atoms with Gasteiger partial charge in [0, 0.05) is 5.69 Å². The Balaban J connectivity index is 2.17. The van der Waals surface area contributed by atoms with E-state index < -0.39 is 0 Å². The highest BCUT2D eigenvalue weighted by Gasteiger charge is 2.21. The second kappa shape index (κ2) is 7.74. The van der Waals surface area contributed by atoms with E-state index >= 15 is 0 Å². The van der Waals surface area contributed by atoms with Crippen molar-refractivity contribution < 1.29 is 9.53 Å². The van der Waals surface area contributed by atoms with E-state index in [2.05, 4.69) is 10.2 Å². The second-order valence-electron chi connectivity index (χ2n) is 6.05. The monoisotopic (exact) mass is 367 g/mol. The number of benzene rings is 2. The van der Waals surface area contributed by atoms with E-state index in [0.717, 1.165) is 17.0 Å². The maximum absolute atomic E-state index is 11.7. The fourth-order valence-corrected chi connectivity index (χ4v) is 3.39. The van der Waals surface area contributed by atoms with Crippen LogP contribution in [0.5, 0.6) is 5.75 Å². The number of ketones is 1. The van der Waals surface area contributed by atoms with E-state index in [0.29, 0.717) is 11.0 Å². The largest absolute Gasteiger partial charge is 0.496 e. The first-order valence-corrected chi connectivity index (χ1v) is 9.22. The molecule has 1 aromatic heterocycles. The molecule has 5 nitrogen and oxygen atoms in total. The van der Waals surface area contributed by atoms with Crippen molar-refractivity contribution in [3.63, 3.8) is 0 Å². The minimum Gasteiger partial charge on any atom is -0.496 e. The topological polar surface area (TPSA) is 57.0 Å². The first-order valence-electron chi connectivity index (χ1n) is 8.34. The number of para-hydroxylation sites is 1. The van der Waals surface area contributed by atoms with Gasteiger partial charge in [-0.05, 0) is 45.0 Å². The van der Waals surface area contributed by atoms with Gasteiger partial charge in [-0.15, -0.1) is 10.2 Å². The van der Waals surface area contributed by atoms with Crippen LogP contribution >= 0.6 is 11.8 Å². The Morgan fingerprint density at radius 2 is 1.81 bits per heavy atom. The fourth-order valence-electron chi connectivity index (χ4n) is 2.52. The van der Waals surface area contributed by atoms with Crippen molar-refractivity contribution >= 4 is 17.5 Å². The van der Waals surface area contributed by atoms with Crippen LogP contribution in [0.4, 0.5) is 0 Å². The summed E-state index contributed by atoms with van der Waals surface area (Å²) in [5, 5.41) is 9.24. The normalized spacial score (nSPS) is 12.0. The molecule has 0 aliphatic heterocycles. The molecule has 1 heterocycles. The maximum Gasteiger partial charge on any atom is 0.196 e. The van der Waals surface area contributed by atoms with Crippen LogP contribution in [0.1, 0.15) is 19.4 Å². The minimum atomic E-state index is -0.200. The Hall–Kier alpha value is -2.60. The van der Waals surface area contributed by atoms with Gasteiger partial charge >= 0.3 is 0 Å². The third-order valence-electron chi connectivity index (χ3n) is 4.13. The number of rotatable bonds is 6. The summed E-state index contributed by atoms with van der Waals surface area (Å²) in [6, 6.07) is 15.9. The van der Waals surface area contributed by atoms with E-state index in [1.807, 2.05) is 66.9 Å². The lowest BCUT2D eigenvalue weighted by Gasteiger charge is -2.14. The lowest BCUT2D eigenvalue weighted by Crippen LogP contribution is -2.10. The number of carbonyl (C=O) groups excluding carboxylic acids is 1. The van der Waals surface area contributed by atoms with E-state index in [1.165, 1.54) is 17.3 Å². The Morgan fingerprint density at radius 3 is 2.46 bits per heavy atom. The molecule has 134 valence electrons. The SMILES string of the molecule is COc1ccccc1-c1nnc(SC(C)C(C)=O)n1-c1ccc(C)cc1. The molecule has 3 aromatic rings. The van der Waals surface area contributed by atoms with Crippen molar-refractivity contribution in [3.05, 3.63) is 54.1 Å². The number of carbonyl (C=O) groups is 1. The van der Waals surface area contributed by atoms with Crippen molar-refractivity contribution in [2.45, 2.75) is 31.2 Å². The van der Waals surface area contributed by atoms with Crippen molar-refractivity contribution in [1.82, 2.24) is 14.8 Å². The number of ether oxygens (including phenoxy) is 1. The fraction of sp³-hybridized carbons (Fsp3) is 0.250. The third kappa shape index (κ3) is 3.65. The average Bonchev–Trinajstić information content (AvgIpc) is 3.05. The molecule has 26 heavy (non-hydrogen) atoms. The lowest BCUT2D eigenvalue weighted by atomic mass is 10.1. The molecule has 0 bridgehead atoms. The summed E-state index contributed by atoms with van der Waals surface area (Å²) in [6.07, 6.45) is 0. The molecule has 0 spiro atoms. The van der Waals surface area contributed by atoms with Gasteiger partial charge in [0.25, 0.3) is 0 Å². The van der Waals surface area contributed by atoms with Crippen LogP contribution in [0, 0.1) is 6.92 Å². The molecule has 0 saturated heterocycles. The zero-order chi connectivity index (χ0) is 18.7. The van der Waals surface area contributed by atoms with Gasteiger partial charge in [0.1, 0.15) is 11.5 Å². The van der Waals surface area contributed by atoms with E-state index in [1.54, 1.807) is 14.0 Å². The zero-order valence-electron chi connectivity index (χ0n) is 15.3. The molecular weight excluding hydrogens is 346 g/mol. The molecule has 0 aliphatic carbocycles. The summed E-state index contributed by atoms with van der Waals surface area (Å²) in [7, 11) is 1.64. The maximum atomic E-state index is 11.7. The van der Waals surface area contributed by atoms with Crippen LogP contribution in [0.2, 0.25) is 0 Å². The first kappa shape index (κ1) is 18.2. The molecule has 0 saturated carbocycles. The van der Waals surface area contributed by atoms with Crippen molar-refractivity contribution in [3.8, 4) is 22.8 Å². The molecule has 0 amide bonds. The van der Waals surface area contributed by atoms with E-state index in [9.17, 15) is 4.79 Å². The molecule has 1 unspecified atom stereocenters. The zero-order valence-corrected chi connectivity index (χ0v) is 16.1. The van der Waals surface area contributed by atoms with Crippen LogP contribution in [0.25, 0.3) is 17.1 Å². The lowest BCUT2D eigenvalue weighted by molar-refractivity contribution is -0.116. The predicted molar refractivity (Wildman–Crippen MR) is 104 cm³/mol. The number of hydrogen-bond donors (Lipinski definition) is 0. The second-order valence-corrected chi connectivity index (χ2v) is 7.36. The van der Waals surface area contributed by atoms with Gasteiger partial charge in [-0.1, -0.05) is 41.6 Å². The molecule has 0 N–H and O–H groups in total. The molecule has 0 aliphatic rings. The molecule has 0 fully saturated rings. The summed E-state index contributed by atoms with van der Waals surface area (Å²) in [6.45, 7) is 5.51. The minimum absolute atomic E-state index is 0.104. The summed E-state index contributed by atoms with van der Waals surface area (Å²) < 4.78 is 7.47. The standard InChI is InChI=1S/C20H21N3O2S/c1-13-9-11-16(12-10-13)23-19(17-7-5-6-8-18(17)25-4)21-22-20(23)26-15(3)14(2)24/h5-12,15H,1-4H3. The van der Waals surface area contributed by atoms with Crippen molar-refractivity contribution in [1.29, 1.82) is 0 Å². The van der Waals surface area contributed by atoms with Gasteiger partial charge in [-0.3, -0.25) is 9.36 Å². The number of Topliss-reactive ketones (excluding diaryl/α,β-unsaturated/α-hetero) is 1. The van der Waals surface area contributed by atoms with Crippen molar-refractivity contribution in [2.75, 3.05) is 7.11 Å². The highest BCUT2D eigenvalue weighted by Crippen LogP contribution is 2.34. The smallest absolute Gasteiger partial charge is 0.196 e. The first-order chi connectivity index (χ1) is 12.5. The molecule has 1 atom stereocenters. The summed E-state index contributed by atoms with van der Waals surface area (Å²) in [5.74, 6) is 1.52. The highest BCUT2D eigenvalue weighted by atomic mass is 32.2. The number of aryl methyl sites for hydroxylation is 1. The third-order valence-corrected chi connectivity index (χ3v) is 5.29. The van der Waals surface area contributed by atoms with Gasteiger partial charge in [0.2, 0.25) is 0 Å². The van der Waals surface area contributed by atoms with Crippen LogP contribution in [0.3, 0.4) is 0 Å². The quantitative estimate of drug-likeness (QED) is 0.607. The van der Waals surface area contributed by atoms with Gasteiger partial charge in [-0.2, -0.15) is 0 Å². The van der Waals surface area contributed by atoms with E-state index in [-0.39, 0.29) is 11.0 Å². The Morgan fingerprint density at radius 1 is 1.12 bits per heavy atom. The Kier molecular flexibility index (Phi) is 5.42. The van der Waals surface area contributed by atoms with Crippen LogP contribution in [0.15, 0.2) is 53.7 Å². The van der Waals surface area contributed by atoms with Gasteiger partial charge in [0.05, 0.1) is 17.9 Å². The predicted octanol–water partition coefficient (Wildman–Crippen LogP) is 4.32. The molecular formula is C20H21N3O2S. The average molecular weight is 367 g/mol. The number of aromatic nitrogens is 3. The Labute approximate surface area is 157 Å². The summed E-state index contributed by atoms with van der Waals surface area (Å²) >= 11 is 1.41. The molecule has 6 heteroatoms. The number of methoxy groups -OCH3 is 1. The molecule has 0 radical (unpaired) electrons.